The van der Waals surface area contributed by atoms with Crippen LogP contribution in [0.25, 0.3) is 0 Å². The number of aliphatic hydroxyl groups excluding tert-OH is 3. The Bertz CT molecular complexity index is 660. The number of carbonyl (C=O) groups is 1. The van der Waals surface area contributed by atoms with Gasteiger partial charge in [-0.2, -0.15) is 0 Å². The van der Waals surface area contributed by atoms with Crippen molar-refractivity contribution >= 4 is 5.91 Å². The van der Waals surface area contributed by atoms with Crippen LogP contribution >= 0.6 is 0 Å². The molecule has 0 aromatic rings. The number of hydrogen-bond donors (Lipinski definition) is 4. The lowest BCUT2D eigenvalue weighted by Gasteiger charge is -2.26. The quantitative estimate of drug-likeness (QED) is 0.0478. The van der Waals surface area contributed by atoms with Crippen molar-refractivity contribution in [2.75, 3.05) is 6.61 Å². The molecule has 1 amide bonds. The van der Waals surface area contributed by atoms with Crippen LogP contribution in [0.4, 0.5) is 0 Å². The second-order valence-electron chi connectivity index (χ2n) is 12.0. The van der Waals surface area contributed by atoms with Crippen LogP contribution in [-0.2, 0) is 4.79 Å². The molecule has 0 radical (unpaired) electrons. The Balaban J connectivity index is 3.79. The highest BCUT2D eigenvalue weighted by Crippen LogP contribution is 2.12. The van der Waals surface area contributed by atoms with Gasteiger partial charge in [-0.3, -0.25) is 4.79 Å². The van der Waals surface area contributed by atoms with Crippen LogP contribution < -0.4 is 5.32 Å². The Morgan fingerprint density at radius 2 is 1.00 bits per heavy atom. The molecule has 0 aliphatic rings. The molecule has 0 aliphatic carbocycles. The molecule has 3 atom stereocenters. The summed E-state index contributed by atoms with van der Waals surface area (Å²) < 4.78 is 0. The van der Waals surface area contributed by atoms with Gasteiger partial charge in [0, 0.05) is 6.42 Å². The van der Waals surface area contributed by atoms with Crippen LogP contribution in [0.15, 0.2) is 36.5 Å². The average Bonchev–Trinajstić information content (AvgIpc) is 2.99. The Kier molecular flexibility index (Phi) is 31.4. The highest BCUT2D eigenvalue weighted by atomic mass is 16.3. The molecule has 0 bridgehead atoms. The van der Waals surface area contributed by atoms with Crippen LogP contribution in [0.1, 0.15) is 168 Å². The minimum atomic E-state index is -1.17. The standard InChI is InChI=1S/C37H69NO4/c1-3-5-7-9-11-13-15-16-17-18-19-20-21-22-23-25-27-29-31-35(40)37(42)34(33-39)38-36(41)32-30-28-26-24-14-12-10-8-6-4-2/h10,12,19-20,23,25,34-35,37,39-40,42H,3-9,11,13-18,21-22,24,26-33H2,1-2H3,(H,38,41)/b12-10-,20-19+,25-23+. The molecular weight excluding hydrogens is 522 g/mol. The average molecular weight is 592 g/mol. The van der Waals surface area contributed by atoms with Crippen LogP contribution in [0.5, 0.6) is 0 Å². The van der Waals surface area contributed by atoms with E-state index in [4.69, 9.17) is 0 Å². The monoisotopic (exact) mass is 592 g/mol. The topological polar surface area (TPSA) is 89.8 Å². The fourth-order valence-corrected chi connectivity index (χ4v) is 5.10. The summed E-state index contributed by atoms with van der Waals surface area (Å²) in [6.45, 7) is 4.08. The van der Waals surface area contributed by atoms with Gasteiger partial charge in [-0.05, 0) is 70.6 Å². The zero-order valence-electron chi connectivity index (χ0n) is 27.6. The number of rotatable bonds is 31. The summed E-state index contributed by atoms with van der Waals surface area (Å²) in [7, 11) is 0. The number of allylic oxidation sites excluding steroid dienone is 6. The van der Waals surface area contributed by atoms with Crippen molar-refractivity contribution in [1.82, 2.24) is 5.32 Å². The maximum Gasteiger partial charge on any atom is 0.220 e. The van der Waals surface area contributed by atoms with E-state index in [0.717, 1.165) is 64.2 Å². The van der Waals surface area contributed by atoms with E-state index in [2.05, 4.69) is 55.6 Å². The smallest absolute Gasteiger partial charge is 0.220 e. The van der Waals surface area contributed by atoms with Crippen molar-refractivity contribution in [2.45, 2.75) is 186 Å². The van der Waals surface area contributed by atoms with Crippen LogP contribution in [0, 0.1) is 0 Å². The molecule has 0 fully saturated rings. The summed E-state index contributed by atoms with van der Waals surface area (Å²) in [4.78, 5) is 12.3. The van der Waals surface area contributed by atoms with Crippen molar-refractivity contribution in [3.63, 3.8) is 0 Å². The first kappa shape index (κ1) is 40.6. The Hall–Kier alpha value is -1.43. The maximum absolute atomic E-state index is 12.3. The fraction of sp³-hybridized carbons (Fsp3) is 0.811. The first-order valence-electron chi connectivity index (χ1n) is 17.8. The van der Waals surface area contributed by atoms with E-state index in [-0.39, 0.29) is 12.5 Å². The lowest BCUT2D eigenvalue weighted by molar-refractivity contribution is -0.124. The van der Waals surface area contributed by atoms with Crippen molar-refractivity contribution in [1.29, 1.82) is 0 Å². The molecule has 0 aliphatic heterocycles. The van der Waals surface area contributed by atoms with Gasteiger partial charge >= 0.3 is 0 Å². The van der Waals surface area contributed by atoms with Crippen molar-refractivity contribution in [3.8, 4) is 0 Å². The summed E-state index contributed by atoms with van der Waals surface area (Å²) in [5, 5.41) is 33.2. The van der Waals surface area contributed by atoms with E-state index in [9.17, 15) is 20.1 Å². The van der Waals surface area contributed by atoms with Gasteiger partial charge in [0.05, 0.1) is 18.8 Å². The largest absolute Gasteiger partial charge is 0.394 e. The third-order valence-corrected chi connectivity index (χ3v) is 7.94. The number of nitrogens with one attached hydrogen (secondary N) is 1. The van der Waals surface area contributed by atoms with Crippen molar-refractivity contribution in [2.24, 2.45) is 0 Å². The van der Waals surface area contributed by atoms with Crippen molar-refractivity contribution < 1.29 is 20.1 Å². The Labute approximate surface area is 260 Å². The summed E-state index contributed by atoms with van der Waals surface area (Å²) in [5.41, 5.74) is 0. The second kappa shape index (κ2) is 32.5. The zero-order valence-corrected chi connectivity index (χ0v) is 27.6. The van der Waals surface area contributed by atoms with E-state index >= 15 is 0 Å². The van der Waals surface area contributed by atoms with Gasteiger partial charge < -0.3 is 20.6 Å². The molecule has 0 saturated carbocycles. The summed E-state index contributed by atoms with van der Waals surface area (Å²) in [6, 6.07) is -0.835. The number of amides is 1. The fourth-order valence-electron chi connectivity index (χ4n) is 5.10. The minimum Gasteiger partial charge on any atom is -0.394 e. The van der Waals surface area contributed by atoms with E-state index in [1.165, 1.54) is 77.0 Å². The lowest BCUT2D eigenvalue weighted by Crippen LogP contribution is -2.50. The van der Waals surface area contributed by atoms with E-state index in [1.807, 2.05) is 0 Å². The maximum atomic E-state index is 12.3. The van der Waals surface area contributed by atoms with Gasteiger partial charge in [0.1, 0.15) is 6.10 Å². The van der Waals surface area contributed by atoms with Gasteiger partial charge in [0.25, 0.3) is 0 Å². The first-order valence-corrected chi connectivity index (χ1v) is 17.8. The number of aliphatic hydroxyl groups is 3. The lowest BCUT2D eigenvalue weighted by atomic mass is 10.0. The molecule has 5 nitrogen and oxygen atoms in total. The molecule has 246 valence electrons. The molecule has 0 aromatic heterocycles. The normalized spacial score (nSPS) is 14.3. The highest BCUT2D eigenvalue weighted by Gasteiger charge is 2.26. The number of unbranched alkanes of at least 4 members (excludes halogenated alkanes) is 17. The van der Waals surface area contributed by atoms with Crippen molar-refractivity contribution in [3.05, 3.63) is 36.5 Å². The van der Waals surface area contributed by atoms with Gasteiger partial charge in [0.15, 0.2) is 0 Å². The third kappa shape index (κ3) is 27.4. The van der Waals surface area contributed by atoms with Gasteiger partial charge in [-0.15, -0.1) is 0 Å². The minimum absolute atomic E-state index is 0.176. The Morgan fingerprint density at radius 1 is 0.571 bits per heavy atom. The van der Waals surface area contributed by atoms with Gasteiger partial charge in [0.2, 0.25) is 5.91 Å². The van der Waals surface area contributed by atoms with Gasteiger partial charge in [-0.25, -0.2) is 0 Å². The molecule has 0 rings (SSSR count). The van der Waals surface area contributed by atoms with Crippen LogP contribution in [0.3, 0.4) is 0 Å². The van der Waals surface area contributed by atoms with Gasteiger partial charge in [-0.1, -0.05) is 127 Å². The predicted octanol–water partition coefficient (Wildman–Crippen LogP) is 9.26. The molecule has 3 unspecified atom stereocenters. The molecule has 0 heterocycles. The summed E-state index contributed by atoms with van der Waals surface area (Å²) >= 11 is 0. The van der Waals surface area contributed by atoms with Crippen LogP contribution in [0.2, 0.25) is 0 Å². The molecule has 0 aromatic carbocycles. The predicted molar refractivity (Wildman–Crippen MR) is 181 cm³/mol. The summed E-state index contributed by atoms with van der Waals surface area (Å²) in [5.74, 6) is -0.176. The van der Waals surface area contributed by atoms with E-state index in [0.29, 0.717) is 12.8 Å². The SMILES string of the molecule is CCCC/C=C\CCCCCCC(=O)NC(CO)C(O)C(O)CCC/C=C/CC/C=C/CCCCCCCCCCC. The molecule has 0 saturated heterocycles. The zero-order chi connectivity index (χ0) is 30.9. The molecule has 4 N–H and O–H groups in total. The number of carbonyl (C=O) groups excluding carboxylic acids is 1. The first-order chi connectivity index (χ1) is 20.6. The Morgan fingerprint density at radius 3 is 1.52 bits per heavy atom. The molecular formula is C37H69NO4. The molecule has 0 spiro atoms. The third-order valence-electron chi connectivity index (χ3n) is 7.94. The molecule has 5 heteroatoms. The van der Waals surface area contributed by atoms with Crippen LogP contribution in [-0.4, -0.2) is 46.1 Å². The number of hydrogen-bond acceptors (Lipinski definition) is 4. The van der Waals surface area contributed by atoms with E-state index in [1.54, 1.807) is 0 Å². The highest BCUT2D eigenvalue weighted by molar-refractivity contribution is 5.76. The molecule has 42 heavy (non-hydrogen) atoms. The second-order valence-corrected chi connectivity index (χ2v) is 12.0. The summed E-state index contributed by atoms with van der Waals surface area (Å²) in [6.07, 6.45) is 38.1. The van der Waals surface area contributed by atoms with E-state index < -0.39 is 18.2 Å².